The van der Waals surface area contributed by atoms with Gasteiger partial charge in [-0.15, -0.1) is 0 Å². The van der Waals surface area contributed by atoms with Crippen LogP contribution in [-0.4, -0.2) is 44.5 Å². The van der Waals surface area contributed by atoms with Crippen molar-refractivity contribution in [2.75, 3.05) is 33.9 Å². The third-order valence-electron chi connectivity index (χ3n) is 2.26. The molecule has 1 atom stereocenters. The molecule has 11 heavy (non-hydrogen) atoms. The first-order valence-electron chi connectivity index (χ1n) is 4.04. The number of likely N-dealkylation sites (N-methyl/N-ethyl adjacent to an activating group) is 1. The number of methoxy groups -OCH3 is 1. The molecule has 0 N–H and O–H groups in total. The highest BCUT2D eigenvalue weighted by Crippen LogP contribution is 2.18. The van der Waals surface area contributed by atoms with E-state index in [0.29, 0.717) is 0 Å². The van der Waals surface area contributed by atoms with Crippen LogP contribution in [0.15, 0.2) is 0 Å². The van der Waals surface area contributed by atoms with E-state index in [0.717, 1.165) is 26.1 Å². The van der Waals surface area contributed by atoms with Gasteiger partial charge in [0.1, 0.15) is 0 Å². The second-order valence-electron chi connectivity index (χ2n) is 3.24. The number of nitrogens with zero attached hydrogens (tertiary/aromatic N) is 1. The lowest BCUT2D eigenvalue weighted by molar-refractivity contribution is -0.205. The third kappa shape index (κ3) is 2.43. The number of hydrogen-bond donors (Lipinski definition) is 0. The minimum Gasteiger partial charge on any atom is -0.353 e. The average molecular weight is 159 g/mol. The van der Waals surface area contributed by atoms with Crippen molar-refractivity contribution in [2.45, 2.75) is 19.1 Å². The number of ether oxygens (including phenoxy) is 2. The van der Waals surface area contributed by atoms with Crippen LogP contribution in [0.4, 0.5) is 0 Å². The molecule has 1 saturated heterocycles. The van der Waals surface area contributed by atoms with E-state index in [1.165, 1.54) is 0 Å². The molecule has 1 heterocycles. The molecule has 1 aliphatic rings. The molecule has 1 rings (SSSR count). The van der Waals surface area contributed by atoms with Crippen LogP contribution in [-0.2, 0) is 9.47 Å². The van der Waals surface area contributed by atoms with Gasteiger partial charge in [0, 0.05) is 26.6 Å². The van der Waals surface area contributed by atoms with Gasteiger partial charge in [0.05, 0.1) is 6.61 Å². The van der Waals surface area contributed by atoms with E-state index < -0.39 is 0 Å². The highest BCUT2D eigenvalue weighted by atomic mass is 16.7. The largest absolute Gasteiger partial charge is 0.353 e. The fourth-order valence-electron chi connectivity index (χ4n) is 1.16. The molecule has 1 unspecified atom stereocenters. The molecule has 0 aromatic rings. The Morgan fingerprint density at radius 2 is 2.18 bits per heavy atom. The molecule has 3 heteroatoms. The molecule has 0 aromatic carbocycles. The predicted octanol–water partition coefficient (Wildman–Crippen LogP) is 0.701. The lowest BCUT2D eigenvalue weighted by atomic mass is 10.2. The highest BCUT2D eigenvalue weighted by Gasteiger charge is 2.26. The van der Waals surface area contributed by atoms with Gasteiger partial charge in [-0.25, -0.2) is 0 Å². The second kappa shape index (κ2) is 3.52. The molecular weight excluding hydrogens is 142 g/mol. The summed E-state index contributed by atoms with van der Waals surface area (Å²) < 4.78 is 10.8. The van der Waals surface area contributed by atoms with E-state index in [2.05, 4.69) is 11.9 Å². The quantitative estimate of drug-likeness (QED) is 0.562. The summed E-state index contributed by atoms with van der Waals surface area (Å²) in [5.41, 5.74) is 0. The number of hydrogen-bond acceptors (Lipinski definition) is 3. The first-order chi connectivity index (χ1) is 5.16. The van der Waals surface area contributed by atoms with Crippen LogP contribution in [0.5, 0.6) is 0 Å². The standard InChI is InChI=1S/C8H17NO2/c1-8(10-3)4-5-9(2)6-7-11-8/h4-7H2,1-3H3. The second-order valence-corrected chi connectivity index (χ2v) is 3.24. The summed E-state index contributed by atoms with van der Waals surface area (Å²) in [5.74, 6) is -0.356. The van der Waals surface area contributed by atoms with E-state index in [1.54, 1.807) is 7.11 Å². The van der Waals surface area contributed by atoms with Crippen LogP contribution < -0.4 is 0 Å². The summed E-state index contributed by atoms with van der Waals surface area (Å²) in [7, 11) is 3.80. The van der Waals surface area contributed by atoms with Crippen LogP contribution in [0.3, 0.4) is 0 Å². The normalized spacial score (nSPS) is 35.2. The van der Waals surface area contributed by atoms with Crippen LogP contribution in [0.25, 0.3) is 0 Å². The van der Waals surface area contributed by atoms with Gasteiger partial charge in [-0.3, -0.25) is 0 Å². The van der Waals surface area contributed by atoms with Crippen molar-refractivity contribution >= 4 is 0 Å². The Labute approximate surface area is 68.3 Å². The van der Waals surface area contributed by atoms with Crippen molar-refractivity contribution in [3.05, 3.63) is 0 Å². The number of rotatable bonds is 1. The van der Waals surface area contributed by atoms with Crippen molar-refractivity contribution in [3.63, 3.8) is 0 Å². The smallest absolute Gasteiger partial charge is 0.166 e. The Hall–Kier alpha value is -0.120. The Morgan fingerprint density at radius 1 is 1.45 bits per heavy atom. The van der Waals surface area contributed by atoms with E-state index >= 15 is 0 Å². The molecule has 3 nitrogen and oxygen atoms in total. The van der Waals surface area contributed by atoms with E-state index in [9.17, 15) is 0 Å². The van der Waals surface area contributed by atoms with Crippen LogP contribution in [0, 0.1) is 0 Å². The molecule has 1 aliphatic heterocycles. The molecule has 0 aliphatic carbocycles. The van der Waals surface area contributed by atoms with Gasteiger partial charge < -0.3 is 14.4 Å². The van der Waals surface area contributed by atoms with Crippen molar-refractivity contribution in [3.8, 4) is 0 Å². The molecule has 0 radical (unpaired) electrons. The van der Waals surface area contributed by atoms with Gasteiger partial charge in [0.15, 0.2) is 5.79 Å². The average Bonchev–Trinajstić information content (AvgIpc) is 2.15. The zero-order valence-corrected chi connectivity index (χ0v) is 7.59. The molecule has 1 fully saturated rings. The summed E-state index contributed by atoms with van der Waals surface area (Å²) in [4.78, 5) is 2.25. The molecule has 66 valence electrons. The van der Waals surface area contributed by atoms with Crippen LogP contribution in [0.2, 0.25) is 0 Å². The molecule has 0 spiro atoms. The van der Waals surface area contributed by atoms with E-state index in [1.807, 2.05) is 6.92 Å². The van der Waals surface area contributed by atoms with E-state index in [-0.39, 0.29) is 5.79 Å². The minimum absolute atomic E-state index is 0.356. The van der Waals surface area contributed by atoms with Gasteiger partial charge >= 0.3 is 0 Å². The maximum Gasteiger partial charge on any atom is 0.166 e. The summed E-state index contributed by atoms with van der Waals surface area (Å²) in [6, 6.07) is 0. The van der Waals surface area contributed by atoms with Gasteiger partial charge in [0.25, 0.3) is 0 Å². The predicted molar refractivity (Wildman–Crippen MR) is 43.5 cm³/mol. The zero-order valence-electron chi connectivity index (χ0n) is 7.59. The van der Waals surface area contributed by atoms with Crippen LogP contribution in [0.1, 0.15) is 13.3 Å². The molecular formula is C8H17NO2. The molecule has 0 bridgehead atoms. The first-order valence-corrected chi connectivity index (χ1v) is 4.04. The van der Waals surface area contributed by atoms with Crippen LogP contribution >= 0.6 is 0 Å². The minimum atomic E-state index is -0.356. The Balaban J connectivity index is 2.45. The van der Waals surface area contributed by atoms with Gasteiger partial charge in [-0.1, -0.05) is 0 Å². The summed E-state index contributed by atoms with van der Waals surface area (Å²) in [5, 5.41) is 0. The Bertz CT molecular complexity index is 129. The lowest BCUT2D eigenvalue weighted by Crippen LogP contribution is -2.31. The Kier molecular flexibility index (Phi) is 2.87. The first kappa shape index (κ1) is 8.97. The SMILES string of the molecule is COC1(C)CCN(C)CCO1. The third-order valence-corrected chi connectivity index (χ3v) is 2.26. The monoisotopic (exact) mass is 159 g/mol. The van der Waals surface area contributed by atoms with Crippen molar-refractivity contribution in [1.82, 2.24) is 4.90 Å². The van der Waals surface area contributed by atoms with Crippen molar-refractivity contribution < 1.29 is 9.47 Å². The summed E-state index contributed by atoms with van der Waals surface area (Å²) >= 11 is 0. The van der Waals surface area contributed by atoms with E-state index in [4.69, 9.17) is 9.47 Å². The van der Waals surface area contributed by atoms with Gasteiger partial charge in [-0.2, -0.15) is 0 Å². The Morgan fingerprint density at radius 3 is 2.82 bits per heavy atom. The maximum absolute atomic E-state index is 5.55. The summed E-state index contributed by atoms with van der Waals surface area (Å²) in [6.45, 7) is 4.80. The van der Waals surface area contributed by atoms with Gasteiger partial charge in [-0.05, 0) is 14.0 Å². The maximum atomic E-state index is 5.55. The lowest BCUT2D eigenvalue weighted by Gasteiger charge is -2.25. The fourth-order valence-corrected chi connectivity index (χ4v) is 1.16. The zero-order chi connectivity index (χ0) is 8.32. The molecule has 0 amide bonds. The molecule has 0 saturated carbocycles. The summed E-state index contributed by atoms with van der Waals surface area (Å²) in [6.07, 6.45) is 0.944. The molecule has 0 aromatic heterocycles. The fraction of sp³-hybridized carbons (Fsp3) is 1.00. The van der Waals surface area contributed by atoms with Crippen molar-refractivity contribution in [1.29, 1.82) is 0 Å². The van der Waals surface area contributed by atoms with Gasteiger partial charge in [0.2, 0.25) is 0 Å². The topological polar surface area (TPSA) is 21.7 Å². The highest BCUT2D eigenvalue weighted by molar-refractivity contribution is 4.69. The van der Waals surface area contributed by atoms with Crippen molar-refractivity contribution in [2.24, 2.45) is 0 Å².